The highest BCUT2D eigenvalue weighted by molar-refractivity contribution is 5.60. The molecule has 2 heterocycles. The third-order valence-electron chi connectivity index (χ3n) is 1.65. The van der Waals surface area contributed by atoms with Crippen molar-refractivity contribution in [2.75, 3.05) is 12.3 Å². The minimum Gasteiger partial charge on any atom is -0.476 e. The number of hydrogen-bond acceptors (Lipinski definition) is 4. The number of hydrogen-bond donors (Lipinski definition) is 1. The Labute approximate surface area is 75.1 Å². The molecule has 0 radical (unpaired) electrons. The first kappa shape index (κ1) is 7.85. The summed E-state index contributed by atoms with van der Waals surface area (Å²) in [7, 11) is 0. The van der Waals surface area contributed by atoms with E-state index in [1.54, 1.807) is 23.0 Å². The van der Waals surface area contributed by atoms with Crippen molar-refractivity contribution in [3.8, 4) is 5.88 Å². The van der Waals surface area contributed by atoms with E-state index in [0.717, 1.165) is 5.52 Å². The molecule has 0 aliphatic rings. The Bertz CT molecular complexity index is 423. The summed E-state index contributed by atoms with van der Waals surface area (Å²) in [5, 5.41) is 4.03. The second kappa shape index (κ2) is 2.93. The molecule has 5 nitrogen and oxygen atoms in total. The van der Waals surface area contributed by atoms with Crippen LogP contribution in [0.15, 0.2) is 18.5 Å². The molecule has 13 heavy (non-hydrogen) atoms. The van der Waals surface area contributed by atoms with Crippen LogP contribution in [-0.4, -0.2) is 21.2 Å². The fourth-order valence-electron chi connectivity index (χ4n) is 1.16. The fourth-order valence-corrected chi connectivity index (χ4v) is 1.16. The van der Waals surface area contributed by atoms with E-state index in [2.05, 4.69) is 10.1 Å². The number of ether oxygens (including phenoxy) is 1. The van der Waals surface area contributed by atoms with Crippen molar-refractivity contribution < 1.29 is 4.74 Å². The van der Waals surface area contributed by atoms with Crippen LogP contribution in [0.4, 0.5) is 5.82 Å². The van der Waals surface area contributed by atoms with Gasteiger partial charge in [0.2, 0.25) is 5.88 Å². The molecule has 2 rings (SSSR count). The summed E-state index contributed by atoms with van der Waals surface area (Å²) in [6, 6.07) is 1.73. The summed E-state index contributed by atoms with van der Waals surface area (Å²) in [5.74, 6) is 1.03. The largest absolute Gasteiger partial charge is 0.476 e. The number of anilines is 1. The van der Waals surface area contributed by atoms with Crippen LogP contribution in [0.1, 0.15) is 6.92 Å². The Morgan fingerprint density at radius 3 is 3.23 bits per heavy atom. The van der Waals surface area contributed by atoms with Gasteiger partial charge in [-0.25, -0.2) is 9.50 Å². The third kappa shape index (κ3) is 1.28. The molecule has 0 saturated carbocycles. The minimum atomic E-state index is 0.467. The highest BCUT2D eigenvalue weighted by Crippen LogP contribution is 2.17. The van der Waals surface area contributed by atoms with Crippen LogP contribution in [-0.2, 0) is 0 Å². The van der Waals surface area contributed by atoms with Gasteiger partial charge in [0.25, 0.3) is 0 Å². The molecule has 0 amide bonds. The molecular formula is C8H10N4O. The number of nitrogens with zero attached hydrogens (tertiary/aromatic N) is 3. The van der Waals surface area contributed by atoms with Gasteiger partial charge in [-0.3, -0.25) is 0 Å². The van der Waals surface area contributed by atoms with E-state index in [9.17, 15) is 0 Å². The van der Waals surface area contributed by atoms with Gasteiger partial charge >= 0.3 is 0 Å². The first-order valence-electron chi connectivity index (χ1n) is 4.04. The molecule has 0 bridgehead atoms. The monoisotopic (exact) mass is 178 g/mol. The zero-order valence-electron chi connectivity index (χ0n) is 7.27. The summed E-state index contributed by atoms with van der Waals surface area (Å²) >= 11 is 0. The zero-order valence-corrected chi connectivity index (χ0v) is 7.27. The van der Waals surface area contributed by atoms with Crippen LogP contribution in [0, 0.1) is 0 Å². The van der Waals surface area contributed by atoms with Crippen molar-refractivity contribution in [3.05, 3.63) is 18.5 Å². The molecule has 2 aromatic heterocycles. The van der Waals surface area contributed by atoms with Crippen molar-refractivity contribution in [1.29, 1.82) is 0 Å². The summed E-state index contributed by atoms with van der Waals surface area (Å²) in [6.07, 6.45) is 3.36. The molecule has 0 fully saturated rings. The van der Waals surface area contributed by atoms with Gasteiger partial charge < -0.3 is 10.5 Å². The van der Waals surface area contributed by atoms with Crippen LogP contribution in [0.3, 0.4) is 0 Å². The van der Waals surface area contributed by atoms with Crippen molar-refractivity contribution in [1.82, 2.24) is 14.6 Å². The Morgan fingerprint density at radius 2 is 2.46 bits per heavy atom. The lowest BCUT2D eigenvalue weighted by atomic mass is 10.5. The quantitative estimate of drug-likeness (QED) is 0.735. The molecule has 5 heteroatoms. The first-order valence-corrected chi connectivity index (χ1v) is 4.04. The number of fused-ring (bicyclic) bond motifs is 1. The van der Waals surface area contributed by atoms with Gasteiger partial charge in [-0.2, -0.15) is 5.10 Å². The normalized spacial score (nSPS) is 10.5. The maximum atomic E-state index is 5.54. The molecule has 2 aromatic rings. The smallest absolute Gasteiger partial charge is 0.240 e. The van der Waals surface area contributed by atoms with Crippen molar-refractivity contribution in [2.24, 2.45) is 0 Å². The summed E-state index contributed by atoms with van der Waals surface area (Å²) in [4.78, 5) is 4.07. The highest BCUT2D eigenvalue weighted by atomic mass is 16.5. The Morgan fingerprint density at radius 1 is 1.62 bits per heavy atom. The van der Waals surface area contributed by atoms with Crippen LogP contribution in [0.2, 0.25) is 0 Å². The third-order valence-corrected chi connectivity index (χ3v) is 1.65. The van der Waals surface area contributed by atoms with Gasteiger partial charge in [-0.15, -0.1) is 0 Å². The van der Waals surface area contributed by atoms with Gasteiger partial charge in [-0.1, -0.05) is 0 Å². The van der Waals surface area contributed by atoms with Gasteiger partial charge in [0.15, 0.2) is 0 Å². The van der Waals surface area contributed by atoms with Crippen LogP contribution >= 0.6 is 0 Å². The van der Waals surface area contributed by atoms with E-state index >= 15 is 0 Å². The van der Waals surface area contributed by atoms with E-state index in [4.69, 9.17) is 10.5 Å². The molecule has 0 saturated heterocycles. The summed E-state index contributed by atoms with van der Waals surface area (Å²) in [6.45, 7) is 2.49. The van der Waals surface area contributed by atoms with E-state index in [1.165, 1.54) is 0 Å². The molecule has 2 N–H and O–H groups in total. The predicted octanol–water partition coefficient (Wildman–Crippen LogP) is 0.710. The molecule has 0 aliphatic heterocycles. The maximum absolute atomic E-state index is 5.54. The minimum absolute atomic E-state index is 0.467. The van der Waals surface area contributed by atoms with Gasteiger partial charge in [0, 0.05) is 18.5 Å². The molecule has 68 valence electrons. The van der Waals surface area contributed by atoms with Gasteiger partial charge in [-0.05, 0) is 6.92 Å². The number of nitrogen functional groups attached to an aromatic ring is 1. The SMILES string of the molecule is CCOc1nccn2nc(N)cc12. The lowest BCUT2D eigenvalue weighted by Crippen LogP contribution is -1.97. The van der Waals surface area contributed by atoms with E-state index in [-0.39, 0.29) is 0 Å². The average molecular weight is 178 g/mol. The summed E-state index contributed by atoms with van der Waals surface area (Å²) in [5.41, 5.74) is 6.33. The van der Waals surface area contributed by atoms with Crippen LogP contribution in [0.5, 0.6) is 5.88 Å². The number of aromatic nitrogens is 3. The maximum Gasteiger partial charge on any atom is 0.240 e. The molecule has 0 aliphatic carbocycles. The Kier molecular flexibility index (Phi) is 1.77. The van der Waals surface area contributed by atoms with Crippen LogP contribution < -0.4 is 10.5 Å². The van der Waals surface area contributed by atoms with Crippen LogP contribution in [0.25, 0.3) is 5.52 Å². The van der Waals surface area contributed by atoms with Gasteiger partial charge in [0.05, 0.1) is 6.61 Å². The second-order valence-electron chi connectivity index (χ2n) is 2.56. The highest BCUT2D eigenvalue weighted by Gasteiger charge is 2.05. The first-order chi connectivity index (χ1) is 6.31. The molecule has 0 atom stereocenters. The Hall–Kier alpha value is -1.78. The summed E-state index contributed by atoms with van der Waals surface area (Å²) < 4.78 is 6.95. The average Bonchev–Trinajstić information content (AvgIpc) is 2.47. The lowest BCUT2D eigenvalue weighted by Gasteiger charge is -2.01. The predicted molar refractivity (Wildman–Crippen MR) is 48.6 cm³/mol. The van der Waals surface area contributed by atoms with E-state index in [1.807, 2.05) is 6.92 Å². The number of rotatable bonds is 2. The second-order valence-corrected chi connectivity index (χ2v) is 2.56. The van der Waals surface area contributed by atoms with Crippen molar-refractivity contribution >= 4 is 11.3 Å². The van der Waals surface area contributed by atoms with Gasteiger partial charge in [0.1, 0.15) is 11.3 Å². The zero-order chi connectivity index (χ0) is 9.26. The molecule has 0 spiro atoms. The Balaban J connectivity index is 2.60. The lowest BCUT2D eigenvalue weighted by molar-refractivity contribution is 0.329. The standard InChI is InChI=1S/C8H10N4O/c1-2-13-8-6-5-7(9)11-12(6)4-3-10-8/h3-5H,2H2,1H3,(H2,9,11). The van der Waals surface area contributed by atoms with E-state index < -0.39 is 0 Å². The fraction of sp³-hybridized carbons (Fsp3) is 0.250. The van der Waals surface area contributed by atoms with Crippen molar-refractivity contribution in [2.45, 2.75) is 6.92 Å². The molecular weight excluding hydrogens is 168 g/mol. The molecule has 0 unspecified atom stereocenters. The number of nitrogens with two attached hydrogens (primary N) is 1. The topological polar surface area (TPSA) is 65.4 Å². The van der Waals surface area contributed by atoms with E-state index in [0.29, 0.717) is 18.3 Å². The molecule has 0 aromatic carbocycles. The van der Waals surface area contributed by atoms with Crippen molar-refractivity contribution in [3.63, 3.8) is 0 Å².